The van der Waals surface area contributed by atoms with Gasteiger partial charge in [-0.1, -0.05) is 0 Å². The number of ether oxygens (including phenoxy) is 2. The molecule has 2 aliphatic rings. The van der Waals surface area contributed by atoms with Crippen LogP contribution in [0.25, 0.3) is 0 Å². The molecule has 0 amide bonds. The Kier molecular flexibility index (Phi) is 2.82. The molecule has 94 valence electrons. The number of fused-ring (bicyclic) bond motifs is 1. The van der Waals surface area contributed by atoms with Crippen molar-refractivity contribution in [2.75, 3.05) is 38.8 Å². The summed E-state index contributed by atoms with van der Waals surface area (Å²) < 4.78 is 10.8. The molecule has 0 unspecified atom stereocenters. The summed E-state index contributed by atoms with van der Waals surface area (Å²) in [5, 5.41) is 4.47. The van der Waals surface area contributed by atoms with Crippen LogP contribution in [0.4, 0.5) is 5.13 Å². The Labute approximate surface area is 105 Å². The number of nitrogens with one attached hydrogen (secondary N) is 1. The van der Waals surface area contributed by atoms with E-state index in [1.165, 1.54) is 10.6 Å². The van der Waals surface area contributed by atoms with Gasteiger partial charge >= 0.3 is 0 Å². The van der Waals surface area contributed by atoms with Crippen molar-refractivity contribution in [3.8, 4) is 0 Å². The number of anilines is 1. The lowest BCUT2D eigenvalue weighted by Crippen LogP contribution is -2.64. The van der Waals surface area contributed by atoms with E-state index in [-0.39, 0.29) is 0 Å². The summed E-state index contributed by atoms with van der Waals surface area (Å²) in [5.41, 5.74) is 1.26. The standard InChI is InChI=1S/C11H17N3O2S/c1-15-11(16-2)6-14(7-11)10-13-8-3-4-12-5-9(8)17-10/h12H,3-7H2,1-2H3. The first-order chi connectivity index (χ1) is 8.26. The largest absolute Gasteiger partial charge is 0.350 e. The van der Waals surface area contributed by atoms with E-state index in [2.05, 4.69) is 10.2 Å². The fourth-order valence-electron chi connectivity index (χ4n) is 2.26. The van der Waals surface area contributed by atoms with E-state index >= 15 is 0 Å². The summed E-state index contributed by atoms with van der Waals surface area (Å²) in [4.78, 5) is 8.29. The first-order valence-corrected chi connectivity index (χ1v) is 6.62. The first-order valence-electron chi connectivity index (χ1n) is 5.81. The van der Waals surface area contributed by atoms with Crippen molar-refractivity contribution in [2.24, 2.45) is 0 Å². The average molecular weight is 255 g/mol. The molecule has 0 bridgehead atoms. The molecule has 3 rings (SSSR count). The van der Waals surface area contributed by atoms with Gasteiger partial charge in [0.25, 0.3) is 0 Å². The molecule has 0 atom stereocenters. The van der Waals surface area contributed by atoms with Crippen LogP contribution in [0.2, 0.25) is 0 Å². The molecule has 17 heavy (non-hydrogen) atoms. The van der Waals surface area contributed by atoms with Gasteiger partial charge in [0.2, 0.25) is 5.79 Å². The molecule has 2 aliphatic heterocycles. The predicted octanol–water partition coefficient (Wildman–Crippen LogP) is 0.598. The van der Waals surface area contributed by atoms with Gasteiger partial charge in [-0.3, -0.25) is 0 Å². The van der Waals surface area contributed by atoms with E-state index in [9.17, 15) is 0 Å². The van der Waals surface area contributed by atoms with Gasteiger partial charge in [-0.2, -0.15) is 0 Å². The Hall–Kier alpha value is -0.690. The number of nitrogens with zero attached hydrogens (tertiary/aromatic N) is 2. The van der Waals surface area contributed by atoms with Crippen LogP contribution in [-0.4, -0.2) is 44.6 Å². The molecule has 0 saturated carbocycles. The van der Waals surface area contributed by atoms with Gasteiger partial charge in [0.15, 0.2) is 5.13 Å². The van der Waals surface area contributed by atoms with Gasteiger partial charge in [-0.25, -0.2) is 4.98 Å². The van der Waals surface area contributed by atoms with Crippen LogP contribution in [0.15, 0.2) is 0 Å². The molecule has 0 aromatic carbocycles. The van der Waals surface area contributed by atoms with Crippen molar-refractivity contribution < 1.29 is 9.47 Å². The second kappa shape index (κ2) is 4.20. The topological polar surface area (TPSA) is 46.6 Å². The Bertz CT molecular complexity index is 385. The van der Waals surface area contributed by atoms with Crippen LogP contribution in [0.1, 0.15) is 10.6 Å². The van der Waals surface area contributed by atoms with Crippen molar-refractivity contribution in [1.82, 2.24) is 10.3 Å². The zero-order chi connectivity index (χ0) is 11.9. The van der Waals surface area contributed by atoms with Gasteiger partial charge in [-0.15, -0.1) is 11.3 Å². The second-order valence-corrected chi connectivity index (χ2v) is 5.53. The third kappa shape index (κ3) is 1.85. The van der Waals surface area contributed by atoms with Crippen LogP contribution in [-0.2, 0) is 22.4 Å². The highest BCUT2D eigenvalue weighted by Crippen LogP contribution is 2.35. The van der Waals surface area contributed by atoms with Crippen molar-refractivity contribution in [1.29, 1.82) is 0 Å². The molecule has 1 saturated heterocycles. The van der Waals surface area contributed by atoms with Crippen LogP contribution < -0.4 is 10.2 Å². The molecule has 0 aliphatic carbocycles. The fourth-order valence-corrected chi connectivity index (χ4v) is 3.33. The van der Waals surface area contributed by atoms with Crippen LogP contribution in [0, 0.1) is 0 Å². The number of thiazole rings is 1. The summed E-state index contributed by atoms with van der Waals surface area (Å²) in [6.07, 6.45) is 1.04. The molecule has 1 N–H and O–H groups in total. The molecule has 0 spiro atoms. The number of hydrogen-bond donors (Lipinski definition) is 1. The van der Waals surface area contributed by atoms with Gasteiger partial charge in [0.1, 0.15) is 0 Å². The minimum atomic E-state index is -0.426. The van der Waals surface area contributed by atoms with Crippen LogP contribution in [0.3, 0.4) is 0 Å². The van der Waals surface area contributed by atoms with E-state index < -0.39 is 5.79 Å². The van der Waals surface area contributed by atoms with E-state index in [1.54, 1.807) is 25.6 Å². The molecule has 5 nitrogen and oxygen atoms in total. The molecule has 3 heterocycles. The van der Waals surface area contributed by atoms with E-state index in [4.69, 9.17) is 14.5 Å². The van der Waals surface area contributed by atoms with Crippen LogP contribution >= 0.6 is 11.3 Å². The molecule has 1 fully saturated rings. The number of hydrogen-bond acceptors (Lipinski definition) is 6. The summed E-state index contributed by atoms with van der Waals surface area (Å²) in [6, 6.07) is 0. The summed E-state index contributed by atoms with van der Waals surface area (Å²) in [7, 11) is 3.38. The smallest absolute Gasteiger partial charge is 0.203 e. The zero-order valence-electron chi connectivity index (χ0n) is 10.2. The predicted molar refractivity (Wildman–Crippen MR) is 66.5 cm³/mol. The third-order valence-corrected chi connectivity index (χ3v) is 4.63. The summed E-state index contributed by atoms with van der Waals surface area (Å²) >= 11 is 1.78. The highest BCUT2D eigenvalue weighted by atomic mass is 32.1. The molecular formula is C11H17N3O2S. The maximum absolute atomic E-state index is 5.38. The van der Waals surface area contributed by atoms with Gasteiger partial charge < -0.3 is 19.7 Å². The minimum Gasteiger partial charge on any atom is -0.350 e. The van der Waals surface area contributed by atoms with Gasteiger partial charge in [0.05, 0.1) is 18.8 Å². The van der Waals surface area contributed by atoms with Crippen molar-refractivity contribution in [3.63, 3.8) is 0 Å². The normalized spacial score (nSPS) is 22.1. The summed E-state index contributed by atoms with van der Waals surface area (Å²) in [6.45, 7) is 3.52. The Morgan fingerprint density at radius 2 is 2.12 bits per heavy atom. The molecular weight excluding hydrogens is 238 g/mol. The lowest BCUT2D eigenvalue weighted by molar-refractivity contribution is -0.219. The highest BCUT2D eigenvalue weighted by Gasteiger charge is 2.45. The SMILES string of the molecule is COC1(OC)CN(c2nc3c(s2)CNCC3)C1. The maximum Gasteiger partial charge on any atom is 0.203 e. The molecule has 1 aromatic heterocycles. The highest BCUT2D eigenvalue weighted by molar-refractivity contribution is 7.15. The third-order valence-electron chi connectivity index (χ3n) is 3.47. The Morgan fingerprint density at radius 3 is 2.76 bits per heavy atom. The van der Waals surface area contributed by atoms with Crippen molar-refractivity contribution in [3.05, 3.63) is 10.6 Å². The van der Waals surface area contributed by atoms with Crippen molar-refractivity contribution in [2.45, 2.75) is 18.8 Å². The van der Waals surface area contributed by atoms with Gasteiger partial charge in [-0.05, 0) is 0 Å². The number of methoxy groups -OCH3 is 2. The quantitative estimate of drug-likeness (QED) is 0.801. The zero-order valence-corrected chi connectivity index (χ0v) is 11.0. The Morgan fingerprint density at radius 1 is 1.35 bits per heavy atom. The lowest BCUT2D eigenvalue weighted by Gasteiger charge is -2.47. The van der Waals surface area contributed by atoms with Gasteiger partial charge in [0, 0.05) is 38.6 Å². The van der Waals surface area contributed by atoms with E-state index in [1.807, 2.05) is 0 Å². The van der Waals surface area contributed by atoms with Crippen LogP contribution in [0.5, 0.6) is 0 Å². The minimum absolute atomic E-state index is 0.426. The second-order valence-electron chi connectivity index (χ2n) is 4.47. The molecule has 0 radical (unpaired) electrons. The first kappa shape index (κ1) is 11.4. The maximum atomic E-state index is 5.38. The lowest BCUT2D eigenvalue weighted by atomic mass is 10.1. The average Bonchev–Trinajstić information content (AvgIpc) is 2.72. The monoisotopic (exact) mass is 255 g/mol. The van der Waals surface area contributed by atoms with Crippen molar-refractivity contribution >= 4 is 16.5 Å². The number of aromatic nitrogens is 1. The fraction of sp³-hybridized carbons (Fsp3) is 0.727. The number of rotatable bonds is 3. The molecule has 1 aromatic rings. The summed E-state index contributed by atoms with van der Waals surface area (Å²) in [5.74, 6) is -0.426. The Balaban J connectivity index is 1.72. The van der Waals surface area contributed by atoms with E-state index in [0.717, 1.165) is 37.7 Å². The van der Waals surface area contributed by atoms with E-state index in [0.29, 0.717) is 0 Å². The molecule has 6 heteroatoms.